The molecule has 1 atom stereocenters. The molecule has 1 aliphatic heterocycles. The Hall–Kier alpha value is -0.0675. The van der Waals surface area contributed by atoms with Gasteiger partial charge in [0.15, 0.2) is 0 Å². The molecular weight excluding hydrogens is 155 g/mol. The van der Waals surface area contributed by atoms with Gasteiger partial charge in [-0.1, -0.05) is 22.7 Å². The summed E-state index contributed by atoms with van der Waals surface area (Å²) in [5, 5.41) is 0. The van der Waals surface area contributed by atoms with Gasteiger partial charge in [0.25, 0.3) is 0 Å². The molecule has 0 aliphatic carbocycles. The first-order valence-corrected chi connectivity index (χ1v) is 5.09. The van der Waals surface area contributed by atoms with Crippen LogP contribution < -0.4 is 0 Å². The van der Waals surface area contributed by atoms with Crippen molar-refractivity contribution in [3.05, 3.63) is 22.7 Å². The van der Waals surface area contributed by atoms with Crippen LogP contribution >= 0.6 is 0 Å². The van der Waals surface area contributed by atoms with Gasteiger partial charge in [-0.15, -0.1) is 0 Å². The molecule has 0 saturated carbocycles. The Kier molecular flexibility index (Phi) is 3.89. The van der Waals surface area contributed by atoms with Crippen molar-refractivity contribution in [1.82, 2.24) is 0 Å². The van der Waals surface area contributed by atoms with Crippen molar-refractivity contribution in [3.63, 3.8) is 0 Å². The minimum absolute atomic E-state index is 0.175. The number of rotatable bonds is 3. The van der Waals surface area contributed by atoms with Crippen molar-refractivity contribution >= 4 is 15.6 Å². The van der Waals surface area contributed by atoms with Crippen molar-refractivity contribution in [2.45, 2.75) is 13.0 Å². The molecule has 3 heteroatoms. The first-order chi connectivity index (χ1) is 5.38. The van der Waals surface area contributed by atoms with E-state index in [1.807, 2.05) is 13.0 Å². The van der Waals surface area contributed by atoms with Gasteiger partial charge in [-0.25, -0.2) is 0 Å². The summed E-state index contributed by atoms with van der Waals surface area (Å²) >= 11 is -0.437. The minimum Gasteiger partial charge on any atom is -0.497 e. The highest BCUT2D eigenvalue weighted by Gasteiger charge is 2.16. The SMILES string of the molecule is C/C=C/C(OC)[C]1=CC[O][AlH]1. The quantitative estimate of drug-likeness (QED) is 0.459. The van der Waals surface area contributed by atoms with Crippen LogP contribution in [-0.4, -0.2) is 35.4 Å². The van der Waals surface area contributed by atoms with Crippen LogP contribution in [0.3, 0.4) is 0 Å². The lowest BCUT2D eigenvalue weighted by molar-refractivity contribution is 0.173. The molecule has 0 radical (unpaired) electrons. The molecule has 0 aromatic rings. The highest BCUT2D eigenvalue weighted by molar-refractivity contribution is 6.39. The summed E-state index contributed by atoms with van der Waals surface area (Å²) in [6.07, 6.45) is 6.39. The van der Waals surface area contributed by atoms with E-state index in [0.29, 0.717) is 0 Å². The van der Waals surface area contributed by atoms with Crippen molar-refractivity contribution in [2.24, 2.45) is 0 Å². The topological polar surface area (TPSA) is 18.5 Å². The number of hydrogen-bond acceptors (Lipinski definition) is 2. The summed E-state index contributed by atoms with van der Waals surface area (Å²) in [6, 6.07) is 0. The zero-order chi connectivity index (χ0) is 8.10. The van der Waals surface area contributed by atoms with E-state index >= 15 is 0 Å². The predicted molar refractivity (Wildman–Crippen MR) is 46.8 cm³/mol. The van der Waals surface area contributed by atoms with Gasteiger partial charge in [0.2, 0.25) is 0 Å². The lowest BCUT2D eigenvalue weighted by Gasteiger charge is -2.09. The average molecular weight is 168 g/mol. The van der Waals surface area contributed by atoms with Crippen LogP contribution in [0.15, 0.2) is 22.7 Å². The van der Waals surface area contributed by atoms with Gasteiger partial charge < -0.3 is 8.53 Å². The number of ether oxygens (including phenoxy) is 1. The maximum absolute atomic E-state index is 5.32. The molecule has 2 nitrogen and oxygen atoms in total. The second-order valence-electron chi connectivity index (χ2n) is 2.48. The number of hydrogen-bond donors (Lipinski definition) is 0. The Balaban J connectivity index is 2.53. The highest BCUT2D eigenvalue weighted by atomic mass is 27.1. The summed E-state index contributed by atoms with van der Waals surface area (Å²) in [6.45, 7) is 2.79. The third kappa shape index (κ3) is 2.46. The molecule has 60 valence electrons. The number of methoxy groups -OCH3 is 1. The van der Waals surface area contributed by atoms with Crippen LogP contribution in [0.25, 0.3) is 0 Å². The fourth-order valence-electron chi connectivity index (χ4n) is 1.13. The predicted octanol–water partition coefficient (Wildman–Crippen LogP) is 0.843. The third-order valence-corrected chi connectivity index (χ3v) is 3.18. The number of allylic oxidation sites excluding steroid dienone is 1. The molecule has 11 heavy (non-hydrogen) atoms. The molecule has 0 aromatic heterocycles. The molecule has 0 aromatic carbocycles. The van der Waals surface area contributed by atoms with E-state index in [0.717, 1.165) is 6.61 Å². The van der Waals surface area contributed by atoms with Crippen LogP contribution in [0, 0.1) is 0 Å². The monoisotopic (exact) mass is 168 g/mol. The molecule has 0 saturated heterocycles. The normalized spacial score (nSPS) is 20.0. The molecule has 1 unspecified atom stereocenters. The molecule has 0 amide bonds. The standard InChI is InChI=1S/C8H12O2.Al.H/c1-3-5-8(10-2)6-4-7-9;;/h3-5,8H,7H2,1-2H3;;/q-1;+1;/b5-3+,6-4?;;. The molecule has 1 rings (SSSR count). The van der Waals surface area contributed by atoms with E-state index in [2.05, 4.69) is 12.2 Å². The average Bonchev–Trinajstić information content (AvgIpc) is 2.52. The fourth-order valence-corrected chi connectivity index (χ4v) is 2.30. The maximum Gasteiger partial charge on any atom is 0.475 e. The maximum atomic E-state index is 5.32. The summed E-state index contributed by atoms with van der Waals surface area (Å²) in [7, 11) is 1.73. The Labute approximate surface area is 73.9 Å². The third-order valence-electron chi connectivity index (χ3n) is 1.72. The van der Waals surface area contributed by atoms with Gasteiger partial charge in [0, 0.05) is 13.7 Å². The summed E-state index contributed by atoms with van der Waals surface area (Å²) in [4.78, 5) is 0. The van der Waals surface area contributed by atoms with E-state index in [4.69, 9.17) is 8.53 Å². The molecule has 1 heterocycles. The van der Waals surface area contributed by atoms with Crippen LogP contribution in [0.1, 0.15) is 6.92 Å². The molecule has 1 aliphatic rings. The van der Waals surface area contributed by atoms with E-state index < -0.39 is 15.6 Å². The Morgan fingerprint density at radius 1 is 1.82 bits per heavy atom. The fraction of sp³-hybridized carbons (Fsp3) is 0.500. The summed E-state index contributed by atoms with van der Waals surface area (Å²) < 4.78 is 12.0. The van der Waals surface area contributed by atoms with Crippen LogP contribution in [-0.2, 0) is 8.53 Å². The van der Waals surface area contributed by atoms with E-state index in [9.17, 15) is 0 Å². The molecule has 0 fully saturated rings. The second kappa shape index (κ2) is 4.74. The van der Waals surface area contributed by atoms with Gasteiger partial charge in [-0.3, -0.25) is 0 Å². The van der Waals surface area contributed by atoms with Crippen LogP contribution in [0.2, 0.25) is 0 Å². The van der Waals surface area contributed by atoms with Gasteiger partial charge in [0.05, 0.1) is 6.10 Å². The largest absolute Gasteiger partial charge is 0.497 e. The Bertz CT molecular complexity index is 175. The Morgan fingerprint density at radius 2 is 2.64 bits per heavy atom. The first kappa shape index (κ1) is 9.02. The van der Waals surface area contributed by atoms with Gasteiger partial charge in [-0.2, -0.15) is 0 Å². The minimum atomic E-state index is -0.437. The van der Waals surface area contributed by atoms with Crippen LogP contribution in [0.5, 0.6) is 0 Å². The van der Waals surface area contributed by atoms with E-state index in [1.54, 1.807) is 7.11 Å². The lowest BCUT2D eigenvalue weighted by Crippen LogP contribution is -2.13. The first-order valence-electron chi connectivity index (χ1n) is 3.80. The van der Waals surface area contributed by atoms with Gasteiger partial charge in [0.1, 0.15) is 0 Å². The molecule has 0 spiro atoms. The highest BCUT2D eigenvalue weighted by Crippen LogP contribution is 2.11. The Morgan fingerprint density at radius 3 is 3.09 bits per heavy atom. The van der Waals surface area contributed by atoms with Crippen molar-refractivity contribution in [3.8, 4) is 0 Å². The molecule has 0 N–H and O–H groups in total. The zero-order valence-corrected chi connectivity index (χ0v) is 8.45. The van der Waals surface area contributed by atoms with E-state index in [1.165, 1.54) is 4.44 Å². The van der Waals surface area contributed by atoms with Crippen molar-refractivity contribution < 1.29 is 8.53 Å². The lowest BCUT2D eigenvalue weighted by atomic mass is 10.3. The van der Waals surface area contributed by atoms with E-state index in [-0.39, 0.29) is 6.10 Å². The smallest absolute Gasteiger partial charge is 0.475 e. The van der Waals surface area contributed by atoms with Crippen molar-refractivity contribution in [1.29, 1.82) is 0 Å². The van der Waals surface area contributed by atoms with Gasteiger partial charge >= 0.3 is 15.6 Å². The van der Waals surface area contributed by atoms with Gasteiger partial charge in [-0.05, 0) is 6.92 Å². The van der Waals surface area contributed by atoms with Crippen LogP contribution in [0.4, 0.5) is 0 Å². The summed E-state index contributed by atoms with van der Waals surface area (Å²) in [5.74, 6) is 0. The summed E-state index contributed by atoms with van der Waals surface area (Å²) in [5.41, 5.74) is 0. The second-order valence-corrected chi connectivity index (χ2v) is 3.99. The van der Waals surface area contributed by atoms with Crippen molar-refractivity contribution in [2.75, 3.05) is 13.7 Å². The molecular formula is C8H13AlO2. The molecule has 0 bridgehead atoms. The zero-order valence-electron chi connectivity index (χ0n) is 7.04.